The number of nitrogens with zero attached hydrogens (tertiary/aromatic N) is 5. The Bertz CT molecular complexity index is 905. The molecule has 1 amide bonds. The third-order valence-corrected chi connectivity index (χ3v) is 3.10. The highest BCUT2D eigenvalue weighted by Crippen LogP contribution is 2.15. The van der Waals surface area contributed by atoms with Crippen LogP contribution >= 0.6 is 0 Å². The van der Waals surface area contributed by atoms with Crippen molar-refractivity contribution in [3.63, 3.8) is 0 Å². The lowest BCUT2D eigenvalue weighted by Crippen LogP contribution is -2.19. The normalized spacial score (nSPS) is 10.4. The van der Waals surface area contributed by atoms with Crippen LogP contribution in [0.5, 0.6) is 0 Å². The molecule has 0 aliphatic rings. The second-order valence-electron chi connectivity index (χ2n) is 4.66. The Morgan fingerprint density at radius 2 is 2.05 bits per heavy atom. The van der Waals surface area contributed by atoms with Crippen LogP contribution in [0.1, 0.15) is 21.6 Å². The molecule has 0 aliphatic carbocycles. The molecule has 108 valence electrons. The first kappa shape index (κ1) is 13.5. The average molecular weight is 293 g/mol. The van der Waals surface area contributed by atoms with E-state index in [-0.39, 0.29) is 22.7 Å². The summed E-state index contributed by atoms with van der Waals surface area (Å²) in [6.45, 7) is 1.95. The van der Waals surface area contributed by atoms with Crippen LogP contribution in [0, 0.1) is 18.3 Å². The molecule has 0 fully saturated rings. The van der Waals surface area contributed by atoms with E-state index in [1.807, 2.05) is 25.1 Å². The molecule has 22 heavy (non-hydrogen) atoms. The minimum atomic E-state index is -0.496. The Labute approximate surface area is 125 Å². The predicted octanol–water partition coefficient (Wildman–Crippen LogP) is 1.14. The molecule has 1 aromatic carbocycles. The van der Waals surface area contributed by atoms with E-state index in [2.05, 4.69) is 20.6 Å². The van der Waals surface area contributed by atoms with E-state index in [1.54, 1.807) is 12.1 Å². The fourth-order valence-corrected chi connectivity index (χ4v) is 1.93. The number of nitrogens with one attached hydrogen (secondary N) is 1. The maximum atomic E-state index is 12.2. The third-order valence-electron chi connectivity index (χ3n) is 3.10. The summed E-state index contributed by atoms with van der Waals surface area (Å²) in [7, 11) is 0. The molecule has 0 atom stereocenters. The Hall–Kier alpha value is -3.47. The topological polar surface area (TPSA) is 122 Å². The number of rotatable bonds is 2. The lowest BCUT2D eigenvalue weighted by molar-refractivity contribution is 0.102. The van der Waals surface area contributed by atoms with Crippen molar-refractivity contribution in [2.45, 2.75) is 6.92 Å². The zero-order chi connectivity index (χ0) is 15.7. The van der Waals surface area contributed by atoms with Gasteiger partial charge in [0.05, 0.1) is 6.20 Å². The van der Waals surface area contributed by atoms with E-state index in [4.69, 9.17) is 11.0 Å². The zero-order valence-corrected chi connectivity index (χ0v) is 11.6. The number of nitrogens with two attached hydrogens (primary N) is 1. The molecule has 3 aromatic rings. The number of fused-ring (bicyclic) bond motifs is 1. The summed E-state index contributed by atoms with van der Waals surface area (Å²) in [5.74, 6) is -0.471. The number of aryl methyl sites for hydroxylation is 1. The van der Waals surface area contributed by atoms with E-state index in [9.17, 15) is 4.79 Å². The van der Waals surface area contributed by atoms with Gasteiger partial charge in [0, 0.05) is 5.69 Å². The molecule has 0 aliphatic heterocycles. The van der Waals surface area contributed by atoms with Gasteiger partial charge in [0.1, 0.15) is 11.6 Å². The van der Waals surface area contributed by atoms with Crippen molar-refractivity contribution in [2.75, 3.05) is 11.1 Å². The smallest absolute Gasteiger partial charge is 0.280 e. The number of nitriles is 1. The van der Waals surface area contributed by atoms with Crippen LogP contribution in [0.3, 0.4) is 0 Å². The Morgan fingerprint density at radius 1 is 1.32 bits per heavy atom. The molecule has 0 spiro atoms. The largest absolute Gasteiger partial charge is 0.382 e. The van der Waals surface area contributed by atoms with E-state index in [0.717, 1.165) is 5.56 Å². The van der Waals surface area contributed by atoms with Gasteiger partial charge in [-0.3, -0.25) is 4.79 Å². The number of aromatic nitrogens is 4. The molecule has 2 aromatic heterocycles. The number of anilines is 2. The minimum Gasteiger partial charge on any atom is -0.382 e. The monoisotopic (exact) mass is 293 g/mol. The van der Waals surface area contributed by atoms with Gasteiger partial charge in [0.25, 0.3) is 5.91 Å². The molecule has 8 heteroatoms. The number of carbonyl (C=O) groups excluding carboxylic acids is 1. The maximum absolute atomic E-state index is 12.2. The van der Waals surface area contributed by atoms with Gasteiger partial charge in [0.15, 0.2) is 17.2 Å². The van der Waals surface area contributed by atoms with Gasteiger partial charge in [-0.25, -0.2) is 0 Å². The molecule has 3 rings (SSSR count). The van der Waals surface area contributed by atoms with E-state index >= 15 is 0 Å². The average Bonchev–Trinajstić information content (AvgIpc) is 2.94. The number of hydrogen-bond donors (Lipinski definition) is 2. The summed E-state index contributed by atoms with van der Waals surface area (Å²) in [5, 5.41) is 23.2. The van der Waals surface area contributed by atoms with Crippen molar-refractivity contribution in [1.82, 2.24) is 19.8 Å². The summed E-state index contributed by atoms with van der Waals surface area (Å²) in [5.41, 5.74) is 8.00. The van der Waals surface area contributed by atoms with E-state index in [1.165, 1.54) is 10.7 Å². The summed E-state index contributed by atoms with van der Waals surface area (Å²) in [6.07, 6.45) is 1.32. The summed E-state index contributed by atoms with van der Waals surface area (Å²) in [4.78, 5) is 12.2. The molecule has 0 unspecified atom stereocenters. The fourth-order valence-electron chi connectivity index (χ4n) is 1.93. The molecule has 8 nitrogen and oxygen atoms in total. The lowest BCUT2D eigenvalue weighted by atomic mass is 10.2. The van der Waals surface area contributed by atoms with Crippen LogP contribution in [-0.4, -0.2) is 25.7 Å². The van der Waals surface area contributed by atoms with Gasteiger partial charge >= 0.3 is 0 Å². The van der Waals surface area contributed by atoms with Crippen LogP contribution in [0.2, 0.25) is 0 Å². The molecule has 2 heterocycles. The molecule has 0 saturated heterocycles. The highest BCUT2D eigenvalue weighted by atomic mass is 16.2. The SMILES string of the molecule is Cc1ccc(NC(=O)c2nnc3c(C#N)cnn3c2N)cc1. The van der Waals surface area contributed by atoms with Gasteiger partial charge < -0.3 is 11.1 Å². The number of hydrogen-bond acceptors (Lipinski definition) is 6. The van der Waals surface area contributed by atoms with Gasteiger partial charge in [-0.05, 0) is 19.1 Å². The maximum Gasteiger partial charge on any atom is 0.280 e. The predicted molar refractivity (Wildman–Crippen MR) is 79.0 cm³/mol. The van der Waals surface area contributed by atoms with Crippen LogP contribution in [-0.2, 0) is 0 Å². The second kappa shape index (κ2) is 5.14. The Morgan fingerprint density at radius 3 is 2.73 bits per heavy atom. The van der Waals surface area contributed by atoms with Crippen molar-refractivity contribution in [3.8, 4) is 6.07 Å². The van der Waals surface area contributed by atoms with E-state index in [0.29, 0.717) is 5.69 Å². The number of carbonyl (C=O) groups is 1. The second-order valence-corrected chi connectivity index (χ2v) is 4.66. The fraction of sp³-hybridized carbons (Fsp3) is 0.0714. The lowest BCUT2D eigenvalue weighted by Gasteiger charge is -2.07. The molecular formula is C14H11N7O. The molecule has 0 radical (unpaired) electrons. The van der Waals surface area contributed by atoms with Crippen molar-refractivity contribution in [1.29, 1.82) is 5.26 Å². The van der Waals surface area contributed by atoms with Crippen LogP contribution in [0.15, 0.2) is 30.5 Å². The van der Waals surface area contributed by atoms with Gasteiger partial charge in [-0.15, -0.1) is 10.2 Å². The van der Waals surface area contributed by atoms with Crippen molar-refractivity contribution in [3.05, 3.63) is 47.3 Å². The first-order valence-corrected chi connectivity index (χ1v) is 6.38. The van der Waals surface area contributed by atoms with Gasteiger partial charge in [-0.2, -0.15) is 14.9 Å². The van der Waals surface area contributed by atoms with Gasteiger partial charge in [0.2, 0.25) is 0 Å². The first-order chi connectivity index (χ1) is 10.6. The Balaban J connectivity index is 1.96. The summed E-state index contributed by atoms with van der Waals surface area (Å²) >= 11 is 0. The zero-order valence-electron chi connectivity index (χ0n) is 11.6. The Kier molecular flexibility index (Phi) is 3.16. The highest BCUT2D eigenvalue weighted by Gasteiger charge is 2.18. The van der Waals surface area contributed by atoms with Crippen molar-refractivity contribution in [2.24, 2.45) is 0 Å². The molecule has 0 bridgehead atoms. The molecular weight excluding hydrogens is 282 g/mol. The standard InChI is InChI=1S/C14H11N7O/c1-8-2-4-10(5-3-8)18-14(22)11-12(16)21-13(20-19-11)9(6-15)7-17-21/h2-5,7H,16H2,1H3,(H,18,22). The minimum absolute atomic E-state index is 0.0242. The van der Waals surface area contributed by atoms with Gasteiger partial charge in [-0.1, -0.05) is 17.7 Å². The van der Waals surface area contributed by atoms with Crippen LogP contribution in [0.25, 0.3) is 5.65 Å². The quantitative estimate of drug-likeness (QED) is 0.730. The highest BCUT2D eigenvalue weighted by molar-refractivity contribution is 6.05. The van der Waals surface area contributed by atoms with Crippen molar-refractivity contribution >= 4 is 23.1 Å². The number of amides is 1. The number of nitrogen functional groups attached to an aromatic ring is 1. The number of benzene rings is 1. The van der Waals surface area contributed by atoms with Crippen LogP contribution in [0.4, 0.5) is 11.5 Å². The van der Waals surface area contributed by atoms with Crippen molar-refractivity contribution < 1.29 is 4.79 Å². The third kappa shape index (κ3) is 2.20. The van der Waals surface area contributed by atoms with E-state index < -0.39 is 5.91 Å². The summed E-state index contributed by atoms with van der Waals surface area (Å²) < 4.78 is 1.22. The van der Waals surface area contributed by atoms with Crippen LogP contribution < -0.4 is 11.1 Å². The molecule has 0 saturated carbocycles. The summed E-state index contributed by atoms with van der Waals surface area (Å²) in [6, 6.07) is 9.23. The first-order valence-electron chi connectivity index (χ1n) is 6.38. The molecule has 3 N–H and O–H groups in total.